The van der Waals surface area contributed by atoms with Crippen molar-refractivity contribution in [1.82, 2.24) is 0 Å². The SMILES string of the molecule is CCC[C@H](Cc1ccc(O)c(C)c1)[C@H](CCC)Cc1ccc(O)c(C)c1. The minimum atomic E-state index is 0.380. The summed E-state index contributed by atoms with van der Waals surface area (Å²) in [5, 5.41) is 19.6. The van der Waals surface area contributed by atoms with Crippen LogP contribution in [0.4, 0.5) is 0 Å². The van der Waals surface area contributed by atoms with E-state index in [1.165, 1.54) is 36.8 Å². The molecule has 0 bridgehead atoms. The number of aryl methyl sites for hydroxylation is 2. The molecule has 2 N–H and O–H groups in total. The van der Waals surface area contributed by atoms with Crippen LogP contribution in [0.3, 0.4) is 0 Å². The number of phenols is 2. The second-order valence-electron chi connectivity index (χ2n) is 7.75. The summed E-state index contributed by atoms with van der Waals surface area (Å²) in [4.78, 5) is 0. The summed E-state index contributed by atoms with van der Waals surface area (Å²) in [5.41, 5.74) is 4.56. The number of aromatic hydroxyl groups is 2. The van der Waals surface area contributed by atoms with Crippen LogP contribution in [0.2, 0.25) is 0 Å². The van der Waals surface area contributed by atoms with Crippen molar-refractivity contribution in [3.8, 4) is 11.5 Å². The van der Waals surface area contributed by atoms with E-state index in [1.54, 1.807) is 0 Å². The Balaban J connectivity index is 2.20. The van der Waals surface area contributed by atoms with Crippen molar-refractivity contribution in [2.75, 3.05) is 0 Å². The minimum Gasteiger partial charge on any atom is -0.508 e. The van der Waals surface area contributed by atoms with Gasteiger partial charge in [-0.2, -0.15) is 0 Å². The van der Waals surface area contributed by atoms with Gasteiger partial charge in [-0.3, -0.25) is 0 Å². The van der Waals surface area contributed by atoms with Gasteiger partial charge in [-0.15, -0.1) is 0 Å². The fourth-order valence-corrected chi connectivity index (χ4v) is 4.05. The van der Waals surface area contributed by atoms with E-state index in [0.29, 0.717) is 23.3 Å². The maximum atomic E-state index is 9.80. The van der Waals surface area contributed by atoms with Gasteiger partial charge in [0, 0.05) is 0 Å². The maximum Gasteiger partial charge on any atom is 0.118 e. The molecule has 0 aliphatic heterocycles. The fraction of sp³-hybridized carbons (Fsp3) is 0.500. The molecule has 0 fully saturated rings. The molecule has 26 heavy (non-hydrogen) atoms. The Bertz CT molecular complexity index is 644. The third kappa shape index (κ3) is 5.52. The monoisotopic (exact) mass is 354 g/mol. The zero-order valence-electron chi connectivity index (χ0n) is 16.8. The fourth-order valence-electron chi connectivity index (χ4n) is 4.05. The molecule has 142 valence electrons. The summed E-state index contributed by atoms with van der Waals surface area (Å²) in [6.07, 6.45) is 6.96. The summed E-state index contributed by atoms with van der Waals surface area (Å²) >= 11 is 0. The lowest BCUT2D eigenvalue weighted by atomic mass is 9.77. The maximum absolute atomic E-state index is 9.80. The quantitative estimate of drug-likeness (QED) is 0.552. The predicted octanol–water partition coefficient (Wildman–Crippen LogP) is 6.33. The first-order valence-corrected chi connectivity index (χ1v) is 10.0. The topological polar surface area (TPSA) is 40.5 Å². The summed E-state index contributed by atoms with van der Waals surface area (Å²) in [5.74, 6) is 2.03. The van der Waals surface area contributed by atoms with Gasteiger partial charge < -0.3 is 10.2 Å². The Morgan fingerprint density at radius 2 is 1.08 bits per heavy atom. The van der Waals surface area contributed by atoms with Crippen molar-refractivity contribution in [3.05, 3.63) is 58.7 Å². The summed E-state index contributed by atoms with van der Waals surface area (Å²) in [6.45, 7) is 8.47. The highest BCUT2D eigenvalue weighted by Gasteiger charge is 2.21. The first kappa shape index (κ1) is 20.4. The molecule has 0 aromatic heterocycles. The molecule has 0 amide bonds. The number of hydrogen-bond acceptors (Lipinski definition) is 2. The van der Waals surface area contributed by atoms with Gasteiger partial charge in [-0.25, -0.2) is 0 Å². The first-order valence-electron chi connectivity index (χ1n) is 10.0. The molecule has 2 aromatic rings. The minimum absolute atomic E-state index is 0.380. The molecular weight excluding hydrogens is 320 g/mol. The van der Waals surface area contributed by atoms with Crippen LogP contribution < -0.4 is 0 Å². The lowest BCUT2D eigenvalue weighted by molar-refractivity contribution is 0.285. The molecule has 0 radical (unpaired) electrons. The first-order chi connectivity index (χ1) is 12.4. The van der Waals surface area contributed by atoms with E-state index < -0.39 is 0 Å². The van der Waals surface area contributed by atoms with Crippen LogP contribution in [0.5, 0.6) is 11.5 Å². The van der Waals surface area contributed by atoms with E-state index in [9.17, 15) is 10.2 Å². The van der Waals surface area contributed by atoms with Gasteiger partial charge in [0.25, 0.3) is 0 Å². The van der Waals surface area contributed by atoms with Crippen molar-refractivity contribution in [3.63, 3.8) is 0 Å². The zero-order chi connectivity index (χ0) is 19.1. The van der Waals surface area contributed by atoms with Crippen LogP contribution >= 0.6 is 0 Å². The normalized spacial score (nSPS) is 13.5. The molecule has 2 atom stereocenters. The summed E-state index contributed by atoms with van der Waals surface area (Å²) in [7, 11) is 0. The predicted molar refractivity (Wildman–Crippen MR) is 110 cm³/mol. The van der Waals surface area contributed by atoms with Gasteiger partial charge in [0.2, 0.25) is 0 Å². The Morgan fingerprint density at radius 3 is 1.38 bits per heavy atom. The largest absolute Gasteiger partial charge is 0.508 e. The third-order valence-electron chi connectivity index (χ3n) is 5.50. The number of benzene rings is 2. The van der Waals surface area contributed by atoms with E-state index in [0.717, 1.165) is 24.0 Å². The van der Waals surface area contributed by atoms with Crippen LogP contribution in [0, 0.1) is 25.7 Å². The molecule has 0 unspecified atom stereocenters. The van der Waals surface area contributed by atoms with E-state index in [-0.39, 0.29) is 0 Å². The molecule has 0 saturated carbocycles. The Hall–Kier alpha value is -1.96. The molecule has 2 rings (SSSR count). The van der Waals surface area contributed by atoms with Gasteiger partial charge in [0.05, 0.1) is 0 Å². The highest BCUT2D eigenvalue weighted by Crippen LogP contribution is 2.31. The number of rotatable bonds is 9. The second kappa shape index (κ2) is 9.66. The average molecular weight is 355 g/mol. The second-order valence-corrected chi connectivity index (χ2v) is 7.75. The molecule has 2 heteroatoms. The van der Waals surface area contributed by atoms with E-state index in [4.69, 9.17) is 0 Å². The Morgan fingerprint density at radius 1 is 0.692 bits per heavy atom. The lowest BCUT2D eigenvalue weighted by Crippen LogP contribution is -2.20. The summed E-state index contributed by atoms with van der Waals surface area (Å²) in [6, 6.07) is 12.0. The lowest BCUT2D eigenvalue weighted by Gasteiger charge is -2.28. The Labute approximate surface area is 158 Å². The van der Waals surface area contributed by atoms with E-state index in [1.807, 2.05) is 26.0 Å². The molecule has 0 aliphatic rings. The van der Waals surface area contributed by atoms with Crippen molar-refractivity contribution in [2.45, 2.75) is 66.2 Å². The molecule has 2 nitrogen and oxygen atoms in total. The molecule has 0 heterocycles. The van der Waals surface area contributed by atoms with Crippen LogP contribution in [0.15, 0.2) is 36.4 Å². The summed E-state index contributed by atoms with van der Waals surface area (Å²) < 4.78 is 0. The van der Waals surface area contributed by atoms with Crippen molar-refractivity contribution >= 4 is 0 Å². The van der Waals surface area contributed by atoms with E-state index >= 15 is 0 Å². The van der Waals surface area contributed by atoms with Crippen molar-refractivity contribution < 1.29 is 10.2 Å². The molecule has 0 aliphatic carbocycles. The van der Waals surface area contributed by atoms with Gasteiger partial charge in [-0.05, 0) is 72.9 Å². The third-order valence-corrected chi connectivity index (χ3v) is 5.50. The van der Waals surface area contributed by atoms with Crippen LogP contribution in [-0.4, -0.2) is 10.2 Å². The van der Waals surface area contributed by atoms with E-state index in [2.05, 4.69) is 38.1 Å². The average Bonchev–Trinajstić information content (AvgIpc) is 2.60. The van der Waals surface area contributed by atoms with Gasteiger partial charge in [-0.1, -0.05) is 63.8 Å². The van der Waals surface area contributed by atoms with Crippen molar-refractivity contribution in [1.29, 1.82) is 0 Å². The molecular formula is C24H34O2. The standard InChI is InChI=1S/C24H34O2/c1-5-7-21(15-19-9-11-23(25)17(3)13-19)22(8-6-2)16-20-10-12-24(26)18(4)14-20/h9-14,21-22,25-26H,5-8,15-16H2,1-4H3/t21-,22-/m1/s1. The number of hydrogen-bond donors (Lipinski definition) is 2. The highest BCUT2D eigenvalue weighted by molar-refractivity contribution is 5.36. The highest BCUT2D eigenvalue weighted by atomic mass is 16.3. The molecule has 0 saturated heterocycles. The molecule has 0 spiro atoms. The smallest absolute Gasteiger partial charge is 0.118 e. The Kier molecular flexibility index (Phi) is 7.56. The van der Waals surface area contributed by atoms with Crippen LogP contribution in [0.1, 0.15) is 61.8 Å². The molecule has 2 aromatic carbocycles. The number of phenolic OH excluding ortho intramolecular Hbond substituents is 2. The van der Waals surface area contributed by atoms with Crippen molar-refractivity contribution in [2.24, 2.45) is 11.8 Å². The van der Waals surface area contributed by atoms with Gasteiger partial charge in [0.15, 0.2) is 0 Å². The van der Waals surface area contributed by atoms with Crippen LogP contribution in [-0.2, 0) is 12.8 Å². The van der Waals surface area contributed by atoms with Gasteiger partial charge in [0.1, 0.15) is 11.5 Å². The van der Waals surface area contributed by atoms with Gasteiger partial charge >= 0.3 is 0 Å². The van der Waals surface area contributed by atoms with Crippen LogP contribution in [0.25, 0.3) is 0 Å². The zero-order valence-corrected chi connectivity index (χ0v) is 16.8.